The van der Waals surface area contributed by atoms with Crippen molar-refractivity contribution in [2.24, 2.45) is 0 Å². The normalized spacial score (nSPS) is 14.4. The van der Waals surface area contributed by atoms with Gasteiger partial charge in [0.2, 0.25) is 0 Å². The van der Waals surface area contributed by atoms with Crippen LogP contribution in [0, 0.1) is 0 Å². The molecular formula is C15H18BrN3O. The van der Waals surface area contributed by atoms with Gasteiger partial charge in [-0.1, -0.05) is 15.9 Å². The van der Waals surface area contributed by atoms with Crippen LogP contribution >= 0.6 is 15.9 Å². The molecule has 0 unspecified atom stereocenters. The highest BCUT2D eigenvalue weighted by molar-refractivity contribution is 9.10. The van der Waals surface area contributed by atoms with Crippen LogP contribution in [0.3, 0.4) is 0 Å². The Balaban J connectivity index is 1.58. The molecule has 0 aliphatic heterocycles. The first-order valence-electron chi connectivity index (χ1n) is 6.91. The van der Waals surface area contributed by atoms with E-state index in [2.05, 4.69) is 32.3 Å². The number of rotatable bonds is 7. The number of halogens is 1. The first-order valence-corrected chi connectivity index (χ1v) is 7.71. The zero-order valence-electron chi connectivity index (χ0n) is 11.3. The zero-order chi connectivity index (χ0) is 13.8. The molecule has 106 valence electrons. The zero-order valence-corrected chi connectivity index (χ0v) is 12.8. The molecule has 1 heterocycles. The van der Waals surface area contributed by atoms with Gasteiger partial charge in [-0.25, -0.2) is 4.98 Å². The Labute approximate surface area is 127 Å². The maximum Gasteiger partial charge on any atom is 0.123 e. The Morgan fingerprint density at radius 2 is 2.30 bits per heavy atom. The third-order valence-corrected chi connectivity index (χ3v) is 3.84. The van der Waals surface area contributed by atoms with E-state index in [0.717, 1.165) is 23.3 Å². The Kier molecular flexibility index (Phi) is 4.38. The minimum atomic E-state index is 0.647. The van der Waals surface area contributed by atoms with Crippen LogP contribution in [0.15, 0.2) is 41.4 Å². The molecule has 1 aromatic heterocycles. The van der Waals surface area contributed by atoms with Gasteiger partial charge in [-0.2, -0.15) is 0 Å². The van der Waals surface area contributed by atoms with Gasteiger partial charge in [0.15, 0.2) is 0 Å². The van der Waals surface area contributed by atoms with Crippen LogP contribution in [0.4, 0.5) is 0 Å². The quantitative estimate of drug-likeness (QED) is 0.845. The van der Waals surface area contributed by atoms with Crippen LogP contribution in [0.2, 0.25) is 0 Å². The molecule has 0 spiro atoms. The lowest BCUT2D eigenvalue weighted by Gasteiger charge is -2.13. The molecule has 1 N–H and O–H groups in total. The van der Waals surface area contributed by atoms with Gasteiger partial charge < -0.3 is 14.6 Å². The molecule has 1 aliphatic carbocycles. The van der Waals surface area contributed by atoms with Crippen molar-refractivity contribution in [2.75, 3.05) is 6.61 Å². The minimum absolute atomic E-state index is 0.647. The second kappa shape index (κ2) is 6.41. The lowest BCUT2D eigenvalue weighted by atomic mass is 10.2. The molecule has 0 radical (unpaired) electrons. The van der Waals surface area contributed by atoms with E-state index in [-0.39, 0.29) is 0 Å². The summed E-state index contributed by atoms with van der Waals surface area (Å²) in [7, 11) is 0. The van der Waals surface area contributed by atoms with Gasteiger partial charge in [-0.05, 0) is 31.0 Å². The highest BCUT2D eigenvalue weighted by atomic mass is 79.9. The Morgan fingerprint density at radius 3 is 3.05 bits per heavy atom. The summed E-state index contributed by atoms with van der Waals surface area (Å²) in [5.74, 6) is 0.960. The molecule has 4 nitrogen and oxygen atoms in total. The monoisotopic (exact) mass is 335 g/mol. The van der Waals surface area contributed by atoms with Crippen LogP contribution in [0.1, 0.15) is 18.4 Å². The predicted octanol–water partition coefficient (Wildman–Crippen LogP) is 2.98. The molecule has 0 saturated heterocycles. The molecule has 1 aromatic carbocycles. The van der Waals surface area contributed by atoms with Crippen LogP contribution in [-0.2, 0) is 13.1 Å². The molecule has 0 bridgehead atoms. The van der Waals surface area contributed by atoms with Gasteiger partial charge in [0.25, 0.3) is 0 Å². The maximum absolute atomic E-state index is 5.91. The minimum Gasteiger partial charge on any atom is -0.491 e. The van der Waals surface area contributed by atoms with E-state index in [9.17, 15) is 0 Å². The maximum atomic E-state index is 5.91. The van der Waals surface area contributed by atoms with Gasteiger partial charge in [0.1, 0.15) is 12.4 Å². The number of benzene rings is 1. The van der Waals surface area contributed by atoms with Crippen molar-refractivity contribution >= 4 is 15.9 Å². The summed E-state index contributed by atoms with van der Waals surface area (Å²) in [4.78, 5) is 4.02. The lowest BCUT2D eigenvalue weighted by Crippen LogP contribution is -2.16. The molecule has 5 heteroatoms. The van der Waals surface area contributed by atoms with E-state index in [1.807, 2.05) is 22.9 Å². The third kappa shape index (κ3) is 3.84. The molecule has 0 atom stereocenters. The molecule has 1 aliphatic rings. The van der Waals surface area contributed by atoms with Gasteiger partial charge in [0.05, 0.1) is 12.9 Å². The summed E-state index contributed by atoms with van der Waals surface area (Å²) < 4.78 is 9.01. The number of hydrogen-bond donors (Lipinski definition) is 1. The number of ether oxygens (including phenoxy) is 1. The van der Waals surface area contributed by atoms with E-state index < -0.39 is 0 Å². The average Bonchev–Trinajstić information content (AvgIpc) is 3.13. The molecule has 0 amide bonds. The number of imidazole rings is 1. The highest BCUT2D eigenvalue weighted by Gasteiger charge is 2.20. The fraction of sp³-hybridized carbons (Fsp3) is 0.400. The summed E-state index contributed by atoms with van der Waals surface area (Å²) in [6, 6.07) is 6.88. The standard InChI is InChI=1S/C15H18BrN3O/c16-13-1-4-15(12(9-13)10-18-14-2-3-14)20-8-7-19-6-5-17-11-19/h1,4-6,9,11,14,18H,2-3,7-8,10H2. The van der Waals surface area contributed by atoms with Crippen molar-refractivity contribution in [2.45, 2.75) is 32.0 Å². The van der Waals surface area contributed by atoms with E-state index >= 15 is 0 Å². The molecule has 1 fully saturated rings. The smallest absolute Gasteiger partial charge is 0.123 e. The van der Waals surface area contributed by atoms with E-state index in [1.165, 1.54) is 18.4 Å². The molecule has 1 saturated carbocycles. The summed E-state index contributed by atoms with van der Waals surface area (Å²) in [6.45, 7) is 2.32. The van der Waals surface area contributed by atoms with Crippen LogP contribution in [-0.4, -0.2) is 22.2 Å². The summed E-state index contributed by atoms with van der Waals surface area (Å²) >= 11 is 3.52. The van der Waals surface area contributed by atoms with Gasteiger partial charge >= 0.3 is 0 Å². The Hall–Kier alpha value is -1.33. The average molecular weight is 336 g/mol. The van der Waals surface area contributed by atoms with Crippen molar-refractivity contribution in [1.29, 1.82) is 0 Å². The van der Waals surface area contributed by atoms with Gasteiger partial charge in [-0.15, -0.1) is 0 Å². The second-order valence-electron chi connectivity index (χ2n) is 5.06. The topological polar surface area (TPSA) is 39.1 Å². The number of aromatic nitrogens is 2. The van der Waals surface area contributed by atoms with Crippen molar-refractivity contribution in [3.63, 3.8) is 0 Å². The third-order valence-electron chi connectivity index (χ3n) is 3.35. The van der Waals surface area contributed by atoms with Crippen LogP contribution in [0.25, 0.3) is 0 Å². The largest absolute Gasteiger partial charge is 0.491 e. The fourth-order valence-electron chi connectivity index (χ4n) is 2.05. The van der Waals surface area contributed by atoms with Crippen molar-refractivity contribution < 1.29 is 4.74 Å². The Bertz CT molecular complexity index is 552. The van der Waals surface area contributed by atoms with Crippen LogP contribution < -0.4 is 10.1 Å². The van der Waals surface area contributed by atoms with Crippen molar-refractivity contribution in [3.8, 4) is 5.75 Å². The van der Waals surface area contributed by atoms with E-state index in [1.54, 1.807) is 12.5 Å². The number of nitrogens with zero attached hydrogens (tertiary/aromatic N) is 2. The van der Waals surface area contributed by atoms with Crippen molar-refractivity contribution in [1.82, 2.24) is 14.9 Å². The molecular weight excluding hydrogens is 318 g/mol. The van der Waals surface area contributed by atoms with E-state index in [4.69, 9.17) is 4.74 Å². The predicted molar refractivity (Wildman–Crippen MR) is 81.7 cm³/mol. The van der Waals surface area contributed by atoms with E-state index in [0.29, 0.717) is 12.6 Å². The summed E-state index contributed by atoms with van der Waals surface area (Å²) in [5, 5.41) is 3.53. The summed E-state index contributed by atoms with van der Waals surface area (Å²) in [5.41, 5.74) is 1.21. The lowest BCUT2D eigenvalue weighted by molar-refractivity contribution is 0.294. The number of hydrogen-bond acceptors (Lipinski definition) is 3. The molecule has 2 aromatic rings. The first kappa shape index (κ1) is 13.6. The summed E-state index contributed by atoms with van der Waals surface area (Å²) in [6.07, 6.45) is 8.13. The van der Waals surface area contributed by atoms with Crippen LogP contribution in [0.5, 0.6) is 5.75 Å². The molecule has 20 heavy (non-hydrogen) atoms. The second-order valence-corrected chi connectivity index (χ2v) is 5.97. The molecule has 3 rings (SSSR count). The van der Waals surface area contributed by atoms with Crippen molar-refractivity contribution in [3.05, 3.63) is 47.0 Å². The fourth-order valence-corrected chi connectivity index (χ4v) is 2.46. The SMILES string of the molecule is Brc1ccc(OCCn2ccnc2)c(CNC2CC2)c1. The number of nitrogens with one attached hydrogen (secondary N) is 1. The Morgan fingerprint density at radius 1 is 1.40 bits per heavy atom. The van der Waals surface area contributed by atoms with Gasteiger partial charge in [-0.3, -0.25) is 0 Å². The van der Waals surface area contributed by atoms with Gasteiger partial charge in [0, 0.05) is 35.0 Å². The highest BCUT2D eigenvalue weighted by Crippen LogP contribution is 2.25. The first-order chi connectivity index (χ1) is 9.81.